The molecule has 3 rings (SSSR count). The molecule has 1 fully saturated rings. The van der Waals surface area contributed by atoms with Crippen LogP contribution in [0, 0.1) is 0 Å². The van der Waals surface area contributed by atoms with E-state index in [0.717, 1.165) is 10.6 Å². The van der Waals surface area contributed by atoms with Gasteiger partial charge in [0.1, 0.15) is 0 Å². The van der Waals surface area contributed by atoms with Gasteiger partial charge in [-0.15, -0.1) is 11.8 Å². The van der Waals surface area contributed by atoms with Gasteiger partial charge in [0, 0.05) is 31.1 Å². The molecule has 0 spiro atoms. The van der Waals surface area contributed by atoms with Crippen molar-refractivity contribution in [3.63, 3.8) is 0 Å². The SMILES string of the molecule is CSc1cccc2sc(N3CCN(S(C)(=O)=O)CC3)nc12. The Balaban J connectivity index is 1.83. The van der Waals surface area contributed by atoms with Gasteiger partial charge in [0.2, 0.25) is 10.0 Å². The van der Waals surface area contributed by atoms with Crippen LogP contribution in [0.4, 0.5) is 5.13 Å². The van der Waals surface area contributed by atoms with Gasteiger partial charge in [-0.25, -0.2) is 13.4 Å². The van der Waals surface area contributed by atoms with E-state index >= 15 is 0 Å². The van der Waals surface area contributed by atoms with Crippen LogP contribution in [0.25, 0.3) is 10.2 Å². The number of piperazine rings is 1. The van der Waals surface area contributed by atoms with Crippen LogP contribution in [0.15, 0.2) is 23.1 Å². The number of benzene rings is 1. The van der Waals surface area contributed by atoms with E-state index in [-0.39, 0.29) is 0 Å². The molecule has 0 amide bonds. The van der Waals surface area contributed by atoms with E-state index in [1.807, 2.05) is 0 Å². The number of sulfonamides is 1. The van der Waals surface area contributed by atoms with Gasteiger partial charge in [0.25, 0.3) is 0 Å². The zero-order chi connectivity index (χ0) is 15.0. The van der Waals surface area contributed by atoms with Gasteiger partial charge in [0.15, 0.2) is 5.13 Å². The Labute approximate surface area is 133 Å². The summed E-state index contributed by atoms with van der Waals surface area (Å²) in [7, 11) is -3.08. The lowest BCUT2D eigenvalue weighted by Gasteiger charge is -2.32. The van der Waals surface area contributed by atoms with Crippen molar-refractivity contribution in [1.82, 2.24) is 9.29 Å². The number of hydrogen-bond acceptors (Lipinski definition) is 6. The lowest BCUT2D eigenvalue weighted by Crippen LogP contribution is -2.48. The fourth-order valence-corrected chi connectivity index (χ4v) is 4.92. The zero-order valence-corrected chi connectivity index (χ0v) is 14.4. The number of anilines is 1. The third-order valence-electron chi connectivity index (χ3n) is 3.57. The summed E-state index contributed by atoms with van der Waals surface area (Å²) in [4.78, 5) is 8.11. The van der Waals surface area contributed by atoms with Gasteiger partial charge in [-0.1, -0.05) is 17.4 Å². The lowest BCUT2D eigenvalue weighted by atomic mass is 10.3. The highest BCUT2D eigenvalue weighted by molar-refractivity contribution is 7.98. The van der Waals surface area contributed by atoms with Crippen LogP contribution in [0.3, 0.4) is 0 Å². The monoisotopic (exact) mass is 343 g/mol. The quantitative estimate of drug-likeness (QED) is 0.799. The molecule has 0 saturated carbocycles. The molecule has 0 bridgehead atoms. The van der Waals surface area contributed by atoms with E-state index in [0.29, 0.717) is 26.2 Å². The largest absolute Gasteiger partial charge is 0.345 e. The smallest absolute Gasteiger partial charge is 0.211 e. The van der Waals surface area contributed by atoms with Crippen LogP contribution in [-0.4, -0.2) is 56.4 Å². The first-order valence-electron chi connectivity index (χ1n) is 6.62. The average Bonchev–Trinajstić information content (AvgIpc) is 2.90. The fourth-order valence-electron chi connectivity index (χ4n) is 2.42. The molecule has 114 valence electrons. The first-order chi connectivity index (χ1) is 9.99. The van der Waals surface area contributed by atoms with Gasteiger partial charge in [-0.3, -0.25) is 0 Å². The fraction of sp³-hybridized carbons (Fsp3) is 0.462. The zero-order valence-electron chi connectivity index (χ0n) is 11.9. The number of hydrogen-bond donors (Lipinski definition) is 0. The molecular weight excluding hydrogens is 326 g/mol. The molecule has 2 heterocycles. The topological polar surface area (TPSA) is 53.5 Å². The van der Waals surface area contributed by atoms with Crippen LogP contribution >= 0.6 is 23.1 Å². The minimum atomic E-state index is -3.08. The van der Waals surface area contributed by atoms with E-state index in [1.165, 1.54) is 20.2 Å². The van der Waals surface area contributed by atoms with Gasteiger partial charge in [-0.05, 0) is 18.4 Å². The van der Waals surface area contributed by atoms with Crippen LogP contribution < -0.4 is 4.90 Å². The molecule has 1 aliphatic rings. The van der Waals surface area contributed by atoms with Gasteiger partial charge in [-0.2, -0.15) is 4.31 Å². The molecule has 21 heavy (non-hydrogen) atoms. The Morgan fingerprint density at radius 1 is 1.24 bits per heavy atom. The normalized spacial score (nSPS) is 17.5. The Kier molecular flexibility index (Phi) is 4.13. The molecule has 1 aromatic heterocycles. The number of thioether (sulfide) groups is 1. The highest BCUT2D eigenvalue weighted by atomic mass is 32.2. The first-order valence-corrected chi connectivity index (χ1v) is 10.5. The van der Waals surface area contributed by atoms with Crippen molar-refractivity contribution < 1.29 is 8.42 Å². The maximum Gasteiger partial charge on any atom is 0.211 e. The molecule has 0 aliphatic carbocycles. The van der Waals surface area contributed by atoms with E-state index in [2.05, 4.69) is 29.4 Å². The summed E-state index contributed by atoms with van der Waals surface area (Å²) in [5.41, 5.74) is 1.05. The van der Waals surface area contributed by atoms with Crippen molar-refractivity contribution in [1.29, 1.82) is 0 Å². The molecular formula is C13H17N3O2S3. The Morgan fingerprint density at radius 2 is 1.95 bits per heavy atom. The second-order valence-corrected chi connectivity index (χ2v) is 8.79. The maximum atomic E-state index is 11.5. The summed E-state index contributed by atoms with van der Waals surface area (Å²) >= 11 is 3.38. The summed E-state index contributed by atoms with van der Waals surface area (Å²) in [6.45, 7) is 2.46. The van der Waals surface area contributed by atoms with E-state index in [4.69, 9.17) is 4.98 Å². The molecule has 0 atom stereocenters. The van der Waals surface area contributed by atoms with Crippen LogP contribution in [0.5, 0.6) is 0 Å². The van der Waals surface area contributed by atoms with Crippen molar-refractivity contribution in [2.24, 2.45) is 0 Å². The molecule has 0 radical (unpaired) electrons. The van der Waals surface area contributed by atoms with Crippen LogP contribution in [-0.2, 0) is 10.0 Å². The standard InChI is InChI=1S/C13H17N3O2S3/c1-19-10-4-3-5-11-12(10)14-13(20-11)15-6-8-16(9-7-15)21(2,17)18/h3-5H,6-9H2,1-2H3. The van der Waals surface area contributed by atoms with Crippen molar-refractivity contribution in [3.05, 3.63) is 18.2 Å². The average molecular weight is 343 g/mol. The summed E-state index contributed by atoms with van der Waals surface area (Å²) in [6.07, 6.45) is 3.32. The van der Waals surface area contributed by atoms with Crippen molar-refractivity contribution in [3.8, 4) is 0 Å². The highest BCUT2D eigenvalue weighted by Gasteiger charge is 2.25. The van der Waals surface area contributed by atoms with E-state index in [1.54, 1.807) is 23.1 Å². The van der Waals surface area contributed by atoms with E-state index in [9.17, 15) is 8.42 Å². The molecule has 1 aromatic carbocycles. The lowest BCUT2D eigenvalue weighted by molar-refractivity contribution is 0.388. The Bertz CT molecular complexity index is 749. The first kappa shape index (κ1) is 15.1. The Morgan fingerprint density at radius 3 is 2.57 bits per heavy atom. The minimum Gasteiger partial charge on any atom is -0.345 e. The van der Waals surface area contributed by atoms with Gasteiger partial charge >= 0.3 is 0 Å². The molecule has 2 aromatic rings. The summed E-state index contributed by atoms with van der Waals surface area (Å²) in [5, 5.41) is 0.986. The third kappa shape index (κ3) is 3.03. The summed E-state index contributed by atoms with van der Waals surface area (Å²) < 4.78 is 25.8. The summed E-state index contributed by atoms with van der Waals surface area (Å²) in [6, 6.07) is 6.22. The number of aromatic nitrogens is 1. The minimum absolute atomic E-state index is 0.532. The predicted octanol–water partition coefficient (Wildman–Crippen LogP) is 2.10. The molecule has 1 aliphatic heterocycles. The van der Waals surface area contributed by atoms with Crippen LogP contribution in [0.2, 0.25) is 0 Å². The van der Waals surface area contributed by atoms with Crippen molar-refractivity contribution >= 4 is 48.5 Å². The number of fused-ring (bicyclic) bond motifs is 1. The molecule has 0 unspecified atom stereocenters. The predicted molar refractivity (Wildman–Crippen MR) is 90.0 cm³/mol. The summed E-state index contributed by atoms with van der Waals surface area (Å²) in [5.74, 6) is 0. The third-order valence-corrected chi connectivity index (χ3v) is 6.72. The Hall–Kier alpha value is -0.830. The van der Waals surface area contributed by atoms with Crippen molar-refractivity contribution in [2.45, 2.75) is 4.90 Å². The number of nitrogens with zero attached hydrogens (tertiary/aromatic N) is 3. The highest BCUT2D eigenvalue weighted by Crippen LogP contribution is 2.34. The van der Waals surface area contributed by atoms with Crippen LogP contribution in [0.1, 0.15) is 0 Å². The van der Waals surface area contributed by atoms with Gasteiger partial charge in [0.05, 0.1) is 16.5 Å². The molecule has 8 heteroatoms. The van der Waals surface area contributed by atoms with E-state index < -0.39 is 10.0 Å². The number of para-hydroxylation sites is 1. The molecule has 1 saturated heterocycles. The van der Waals surface area contributed by atoms with Crippen molar-refractivity contribution in [2.75, 3.05) is 43.6 Å². The molecule has 0 N–H and O–H groups in total. The second-order valence-electron chi connectivity index (χ2n) is 4.95. The molecule has 5 nitrogen and oxygen atoms in total. The van der Waals surface area contributed by atoms with Gasteiger partial charge < -0.3 is 4.90 Å². The second kappa shape index (κ2) is 5.75. The number of thiazole rings is 1. The number of rotatable bonds is 3. The maximum absolute atomic E-state index is 11.5.